The number of hydrogen-bond donors (Lipinski definition) is 1. The topological polar surface area (TPSA) is 52.3 Å². The fourth-order valence-electron chi connectivity index (χ4n) is 2.80. The predicted molar refractivity (Wildman–Crippen MR) is 80.7 cm³/mol. The van der Waals surface area contributed by atoms with Gasteiger partial charge in [-0.2, -0.15) is 0 Å². The minimum absolute atomic E-state index is 0.0708. The van der Waals surface area contributed by atoms with Crippen molar-refractivity contribution in [1.29, 1.82) is 0 Å². The van der Waals surface area contributed by atoms with Gasteiger partial charge in [0.05, 0.1) is 5.56 Å². The maximum Gasteiger partial charge on any atom is 0.338 e. The maximum atomic E-state index is 12.3. The highest BCUT2D eigenvalue weighted by atomic mass is 16.5. The summed E-state index contributed by atoms with van der Waals surface area (Å²) < 4.78 is 5.68. The number of ether oxygens (including phenoxy) is 1. The average Bonchev–Trinajstić information content (AvgIpc) is 2.42. The van der Waals surface area contributed by atoms with E-state index in [4.69, 9.17) is 10.5 Å². The molecule has 0 amide bonds. The minimum atomic E-state index is -0.196. The second-order valence-electron chi connectivity index (χ2n) is 6.46. The van der Waals surface area contributed by atoms with Crippen LogP contribution in [-0.2, 0) is 11.2 Å². The van der Waals surface area contributed by atoms with Crippen LogP contribution in [0.5, 0.6) is 0 Å². The fourth-order valence-corrected chi connectivity index (χ4v) is 2.80. The van der Waals surface area contributed by atoms with Gasteiger partial charge in [0.2, 0.25) is 0 Å². The van der Waals surface area contributed by atoms with Gasteiger partial charge in [-0.3, -0.25) is 0 Å². The molecule has 0 heterocycles. The van der Waals surface area contributed by atoms with Crippen molar-refractivity contribution in [2.75, 3.05) is 6.54 Å². The van der Waals surface area contributed by atoms with Crippen molar-refractivity contribution in [3.63, 3.8) is 0 Å². The molecule has 0 bridgehead atoms. The lowest BCUT2D eigenvalue weighted by atomic mass is 9.76. The molecule has 2 rings (SSSR count). The third-order valence-corrected chi connectivity index (χ3v) is 4.21. The van der Waals surface area contributed by atoms with Crippen LogP contribution < -0.4 is 5.73 Å². The Morgan fingerprint density at radius 3 is 2.60 bits per heavy atom. The molecule has 3 nitrogen and oxygen atoms in total. The monoisotopic (exact) mass is 275 g/mol. The summed E-state index contributed by atoms with van der Waals surface area (Å²) in [6.07, 6.45) is 4.96. The Morgan fingerprint density at radius 2 is 1.95 bits per heavy atom. The SMILES string of the molecule is CC1(C)CCC(OC(=O)c2ccccc2CCN)CC1. The molecule has 0 aromatic heterocycles. The molecular formula is C17H25NO2. The van der Waals surface area contributed by atoms with E-state index in [9.17, 15) is 4.79 Å². The number of hydrogen-bond acceptors (Lipinski definition) is 3. The number of benzene rings is 1. The van der Waals surface area contributed by atoms with E-state index in [1.165, 1.54) is 0 Å². The molecular weight excluding hydrogens is 250 g/mol. The summed E-state index contributed by atoms with van der Waals surface area (Å²) in [4.78, 5) is 12.3. The first-order valence-electron chi connectivity index (χ1n) is 7.51. The molecule has 2 N–H and O–H groups in total. The fraction of sp³-hybridized carbons (Fsp3) is 0.588. The molecule has 1 aliphatic carbocycles. The van der Waals surface area contributed by atoms with Crippen molar-refractivity contribution in [3.05, 3.63) is 35.4 Å². The summed E-state index contributed by atoms with van der Waals surface area (Å²) in [5.41, 5.74) is 7.63. The highest BCUT2D eigenvalue weighted by Gasteiger charge is 2.29. The quantitative estimate of drug-likeness (QED) is 0.858. The van der Waals surface area contributed by atoms with E-state index in [-0.39, 0.29) is 12.1 Å². The minimum Gasteiger partial charge on any atom is -0.459 e. The average molecular weight is 275 g/mol. The summed E-state index contributed by atoms with van der Waals surface area (Å²) in [5, 5.41) is 0. The molecule has 3 heteroatoms. The lowest BCUT2D eigenvalue weighted by Crippen LogP contribution is -2.28. The van der Waals surface area contributed by atoms with Gasteiger partial charge in [0.25, 0.3) is 0 Å². The summed E-state index contributed by atoms with van der Waals surface area (Å²) in [6.45, 7) is 5.10. The molecule has 0 atom stereocenters. The lowest BCUT2D eigenvalue weighted by molar-refractivity contribution is 0.00941. The Labute approximate surface area is 121 Å². The highest BCUT2D eigenvalue weighted by Crippen LogP contribution is 2.36. The van der Waals surface area contributed by atoms with Crippen molar-refractivity contribution in [3.8, 4) is 0 Å². The molecule has 1 aliphatic rings. The third-order valence-electron chi connectivity index (χ3n) is 4.21. The Bertz CT molecular complexity index is 458. The van der Waals surface area contributed by atoms with Crippen LogP contribution in [0.2, 0.25) is 0 Å². The Hall–Kier alpha value is -1.35. The van der Waals surface area contributed by atoms with Gasteiger partial charge in [-0.25, -0.2) is 4.79 Å². The van der Waals surface area contributed by atoms with Crippen LogP contribution in [0, 0.1) is 5.41 Å². The standard InChI is InChI=1S/C17H25NO2/c1-17(2)10-7-14(8-11-17)20-16(19)15-6-4-3-5-13(15)9-12-18/h3-6,14H,7-12,18H2,1-2H3. The van der Waals surface area contributed by atoms with Gasteiger partial charge in [-0.1, -0.05) is 32.0 Å². The second kappa shape index (κ2) is 6.40. The number of rotatable bonds is 4. The third kappa shape index (κ3) is 3.83. The number of nitrogens with two attached hydrogens (primary N) is 1. The zero-order chi connectivity index (χ0) is 14.6. The molecule has 0 saturated heterocycles. The Balaban J connectivity index is 1.99. The van der Waals surface area contributed by atoms with Gasteiger partial charge >= 0.3 is 5.97 Å². The summed E-state index contributed by atoms with van der Waals surface area (Å²) in [6, 6.07) is 7.60. The first-order valence-corrected chi connectivity index (χ1v) is 7.51. The van der Waals surface area contributed by atoms with Crippen molar-refractivity contribution in [2.45, 2.75) is 52.1 Å². The van der Waals surface area contributed by atoms with Crippen LogP contribution in [0.4, 0.5) is 0 Å². The molecule has 1 saturated carbocycles. The highest BCUT2D eigenvalue weighted by molar-refractivity contribution is 5.91. The molecule has 0 radical (unpaired) electrons. The molecule has 1 fully saturated rings. The van der Waals surface area contributed by atoms with Crippen LogP contribution >= 0.6 is 0 Å². The van der Waals surface area contributed by atoms with E-state index in [1.807, 2.05) is 24.3 Å². The Kier molecular flexibility index (Phi) is 4.81. The number of carbonyl (C=O) groups excluding carboxylic acids is 1. The lowest BCUT2D eigenvalue weighted by Gasteiger charge is -2.33. The molecule has 0 unspecified atom stereocenters. The summed E-state index contributed by atoms with van der Waals surface area (Å²) >= 11 is 0. The summed E-state index contributed by atoms with van der Waals surface area (Å²) in [5.74, 6) is -0.196. The molecule has 1 aromatic rings. The largest absolute Gasteiger partial charge is 0.459 e. The van der Waals surface area contributed by atoms with Crippen molar-refractivity contribution in [2.24, 2.45) is 11.1 Å². The second-order valence-corrected chi connectivity index (χ2v) is 6.46. The molecule has 0 spiro atoms. The van der Waals surface area contributed by atoms with Gasteiger partial charge in [-0.05, 0) is 55.7 Å². The van der Waals surface area contributed by atoms with E-state index in [1.54, 1.807) is 0 Å². The van der Waals surface area contributed by atoms with Gasteiger partial charge in [0.1, 0.15) is 6.10 Å². The zero-order valence-electron chi connectivity index (χ0n) is 12.5. The van der Waals surface area contributed by atoms with E-state index < -0.39 is 0 Å². The van der Waals surface area contributed by atoms with E-state index >= 15 is 0 Å². The normalized spacial score (nSPS) is 18.8. The van der Waals surface area contributed by atoms with Gasteiger partial charge in [-0.15, -0.1) is 0 Å². The van der Waals surface area contributed by atoms with E-state index in [0.717, 1.165) is 31.2 Å². The van der Waals surface area contributed by atoms with E-state index in [2.05, 4.69) is 13.8 Å². The smallest absolute Gasteiger partial charge is 0.338 e. The molecule has 20 heavy (non-hydrogen) atoms. The summed E-state index contributed by atoms with van der Waals surface area (Å²) in [7, 11) is 0. The van der Waals surface area contributed by atoms with Gasteiger partial charge < -0.3 is 10.5 Å². The van der Waals surface area contributed by atoms with Crippen LogP contribution in [0.3, 0.4) is 0 Å². The maximum absolute atomic E-state index is 12.3. The Morgan fingerprint density at radius 1 is 1.30 bits per heavy atom. The van der Waals surface area contributed by atoms with Gasteiger partial charge in [0.15, 0.2) is 0 Å². The van der Waals surface area contributed by atoms with Crippen molar-refractivity contribution in [1.82, 2.24) is 0 Å². The molecule has 0 aliphatic heterocycles. The van der Waals surface area contributed by atoms with Crippen molar-refractivity contribution < 1.29 is 9.53 Å². The van der Waals surface area contributed by atoms with Crippen LogP contribution in [0.1, 0.15) is 55.5 Å². The number of carbonyl (C=O) groups is 1. The van der Waals surface area contributed by atoms with Crippen LogP contribution in [0.15, 0.2) is 24.3 Å². The predicted octanol–water partition coefficient (Wildman–Crippen LogP) is 3.31. The molecule has 1 aromatic carbocycles. The van der Waals surface area contributed by atoms with Gasteiger partial charge in [0, 0.05) is 0 Å². The van der Waals surface area contributed by atoms with Crippen molar-refractivity contribution >= 4 is 5.97 Å². The van der Waals surface area contributed by atoms with Crippen LogP contribution in [-0.4, -0.2) is 18.6 Å². The number of esters is 1. The van der Waals surface area contributed by atoms with E-state index in [0.29, 0.717) is 23.9 Å². The zero-order valence-corrected chi connectivity index (χ0v) is 12.5. The first kappa shape index (κ1) is 15.0. The molecule has 110 valence electrons. The van der Waals surface area contributed by atoms with Crippen LogP contribution in [0.25, 0.3) is 0 Å². The first-order chi connectivity index (χ1) is 9.52.